The number of thioether (sulfide) groups is 1. The van der Waals surface area contributed by atoms with E-state index in [9.17, 15) is 54.3 Å². The Morgan fingerprint density at radius 1 is 0.851 bits per heavy atom. The maximum Gasteiger partial charge on any atom is 0.501 e. The monoisotopic (exact) mass is 1490 g/mol. The van der Waals surface area contributed by atoms with Crippen LogP contribution in [0.25, 0.3) is 16.0 Å². The number of β-amino-alcohol motifs (C(OH)–C–C–N with tert-alkyl or cyclic N) is 1. The van der Waals surface area contributed by atoms with Crippen molar-refractivity contribution in [1.82, 2.24) is 35.0 Å². The number of aliphatic hydroxyl groups is 1. The number of hydrogen-bond acceptors (Lipinski definition) is 18. The number of likely N-dealkylation sites (N-methyl/N-ethyl adjacent to an activating group) is 1. The van der Waals surface area contributed by atoms with E-state index in [-0.39, 0.29) is 55.9 Å². The van der Waals surface area contributed by atoms with E-state index in [1.165, 1.54) is 45.5 Å². The molecular weight excluding hydrogens is 1400 g/mol. The molecule has 101 heavy (non-hydrogen) atoms. The highest BCUT2D eigenvalue weighted by molar-refractivity contribution is 7.99. The van der Waals surface area contributed by atoms with E-state index in [0.29, 0.717) is 37.3 Å². The van der Waals surface area contributed by atoms with Crippen LogP contribution in [-0.4, -0.2) is 187 Å². The average molecular weight is 1490 g/mol. The molecule has 2 saturated heterocycles. The van der Waals surface area contributed by atoms with Crippen LogP contribution in [0.2, 0.25) is 5.02 Å². The first-order chi connectivity index (χ1) is 47.7. The second-order valence-electron chi connectivity index (χ2n) is 27.9. The number of amides is 4. The lowest BCUT2D eigenvalue weighted by Crippen LogP contribution is -2.58. The molecule has 4 amide bonds. The highest BCUT2D eigenvalue weighted by Gasteiger charge is 2.49. The van der Waals surface area contributed by atoms with Crippen molar-refractivity contribution in [3.63, 3.8) is 0 Å². The van der Waals surface area contributed by atoms with E-state index in [2.05, 4.69) is 56.7 Å². The Morgan fingerprint density at radius 3 is 2.18 bits per heavy atom. The van der Waals surface area contributed by atoms with Gasteiger partial charge in [-0.25, -0.2) is 26.5 Å². The fraction of sp³-hybridized carbons (Fsp3) is 0.466. The summed E-state index contributed by atoms with van der Waals surface area (Å²) < 4.78 is 111. The van der Waals surface area contributed by atoms with Gasteiger partial charge in [0.2, 0.25) is 17.7 Å². The van der Waals surface area contributed by atoms with Crippen LogP contribution in [0, 0.1) is 17.8 Å². The molecule has 2 aliphatic heterocycles. The minimum atomic E-state index is -6.18. The summed E-state index contributed by atoms with van der Waals surface area (Å²) in [4.78, 5) is 66.7. The molecule has 6 aromatic rings. The molecule has 0 radical (unpaired) electrons. The SMILES string of the molecule is Cc1ncsc1-c1ccc([C@H](C)NC(=O)[C@@H]2C[C@@H](O)CN2C(=O)[C@@H](NC(=O)COCCOCCN(C)CC[C@H](CSc2ccccc2)Nc2ccc(S(=O)(=O)NC(=O)c3ccc(N4CCN(CC5=C(c6ccc(Cl)cc6)CCC(C)(C)C5)CC4)cc3)cc2S(=O)(=O)C(F)(F)F)C(C)(C)C)cc1. The van der Waals surface area contributed by atoms with Crippen LogP contribution in [0.15, 0.2) is 147 Å². The number of aromatic nitrogens is 1. The molecule has 0 saturated carbocycles. The molecule has 20 nitrogen and oxygen atoms in total. The summed E-state index contributed by atoms with van der Waals surface area (Å²) in [5, 5.41) is 20.2. The number of halogens is 4. The highest BCUT2D eigenvalue weighted by atomic mass is 35.5. The van der Waals surface area contributed by atoms with E-state index in [4.69, 9.17) is 21.1 Å². The zero-order valence-electron chi connectivity index (χ0n) is 58.1. The molecule has 28 heteroatoms. The van der Waals surface area contributed by atoms with Gasteiger partial charge in [0.05, 0.1) is 58.6 Å². The van der Waals surface area contributed by atoms with Crippen LogP contribution in [0.5, 0.6) is 0 Å². The van der Waals surface area contributed by atoms with Crippen molar-refractivity contribution in [2.45, 2.75) is 131 Å². The van der Waals surface area contributed by atoms with Gasteiger partial charge in [-0.05, 0) is 153 Å². The summed E-state index contributed by atoms with van der Waals surface area (Å²) >= 11 is 9.14. The minimum absolute atomic E-state index is 0.00960. The third-order valence-electron chi connectivity index (χ3n) is 18.4. The predicted octanol–water partition coefficient (Wildman–Crippen LogP) is 11.3. The number of alkyl halides is 3. The molecule has 3 heterocycles. The van der Waals surface area contributed by atoms with Gasteiger partial charge in [-0.2, -0.15) is 13.2 Å². The Hall–Kier alpha value is -6.92. The number of likely N-dealkylation sites (tertiary alicyclic amines) is 1. The number of sulfonamides is 1. The van der Waals surface area contributed by atoms with E-state index in [1.807, 2.05) is 90.2 Å². The third-order valence-corrected chi connectivity index (χ3v) is 23.7. The van der Waals surface area contributed by atoms with Crippen molar-refractivity contribution in [1.29, 1.82) is 0 Å². The zero-order chi connectivity index (χ0) is 73.0. The van der Waals surface area contributed by atoms with Crippen LogP contribution in [-0.2, 0) is 43.7 Å². The number of nitrogens with zero attached hydrogens (tertiary/aromatic N) is 5. The minimum Gasteiger partial charge on any atom is -0.391 e. The number of carbonyl (C=O) groups is 4. The number of allylic oxidation sites excluding steroid dienone is 1. The molecule has 2 fully saturated rings. The second kappa shape index (κ2) is 34.1. The molecule has 1 aromatic heterocycles. The molecule has 5 N–H and O–H groups in total. The summed E-state index contributed by atoms with van der Waals surface area (Å²) in [5.74, 6) is -2.36. The van der Waals surface area contributed by atoms with Crippen molar-refractivity contribution in [3.8, 4) is 10.4 Å². The van der Waals surface area contributed by atoms with Gasteiger partial charge in [0.25, 0.3) is 25.8 Å². The number of benzene rings is 5. The first-order valence-corrected chi connectivity index (χ1v) is 38.9. The number of anilines is 2. The molecule has 5 aromatic carbocycles. The summed E-state index contributed by atoms with van der Waals surface area (Å²) in [6.45, 7) is 18.1. The maximum absolute atomic E-state index is 14.5. The topological polar surface area (TPSA) is 249 Å². The molecule has 0 spiro atoms. The van der Waals surface area contributed by atoms with E-state index in [1.54, 1.807) is 56.8 Å². The quantitative estimate of drug-likeness (QED) is 0.0208. The van der Waals surface area contributed by atoms with Gasteiger partial charge < -0.3 is 45.2 Å². The van der Waals surface area contributed by atoms with Crippen LogP contribution in [0.1, 0.15) is 107 Å². The van der Waals surface area contributed by atoms with E-state index >= 15 is 0 Å². The van der Waals surface area contributed by atoms with Gasteiger partial charge in [-0.3, -0.25) is 24.1 Å². The maximum atomic E-state index is 14.5. The van der Waals surface area contributed by atoms with Gasteiger partial charge in [0.1, 0.15) is 23.6 Å². The Balaban J connectivity index is 0.748. The van der Waals surface area contributed by atoms with Crippen molar-refractivity contribution in [2.75, 3.05) is 102 Å². The van der Waals surface area contributed by atoms with Crippen LogP contribution in [0.4, 0.5) is 24.5 Å². The summed E-state index contributed by atoms with van der Waals surface area (Å²) in [6.07, 6.45) is 2.41. The van der Waals surface area contributed by atoms with Gasteiger partial charge >= 0.3 is 5.51 Å². The van der Waals surface area contributed by atoms with Crippen molar-refractivity contribution in [2.24, 2.45) is 10.8 Å². The Labute approximate surface area is 604 Å². The summed E-state index contributed by atoms with van der Waals surface area (Å²) in [7, 11) is -9.34. The number of aryl methyl sites for hydroxylation is 1. The van der Waals surface area contributed by atoms with Crippen LogP contribution < -0.4 is 25.6 Å². The molecule has 9 rings (SSSR count). The standard InChI is InChI=1S/C73H91ClF3N9O11S4/c1-48(50-14-16-52(17-15-50)66-49(2)78-47-99-66)79-69(90)63-40-58(87)44-86(63)70(91)67(71(3,4)5)81-65(88)45-97-39-38-96-37-36-83(8)31-29-56(46-98-59-12-10-9-11-13-59)80-62-27-26-60(41-64(62)100(92,93)73(75,76)77)101(94,95)82-68(89)53-20-24-57(25-21-53)85-34-32-84(33-35-85)43-54-42-72(6,7)30-28-61(54)51-18-22-55(74)23-19-51/h9-27,41,47-48,56,58,63,67,80,87H,28-40,42-46H2,1-8H3,(H,79,90)(H,81,88)(H,82,89)/t48-,56+,58+,63-,67+/m0/s1. The van der Waals surface area contributed by atoms with Gasteiger partial charge in [0, 0.05) is 85.2 Å². The fourth-order valence-corrected chi connectivity index (χ4v) is 16.6. The second-order valence-corrected chi connectivity index (χ2v) is 33.9. The number of sulfone groups is 1. The lowest BCUT2D eigenvalue weighted by atomic mass is 9.73. The zero-order valence-corrected chi connectivity index (χ0v) is 62.2. The van der Waals surface area contributed by atoms with E-state index < -0.39 is 107 Å². The van der Waals surface area contributed by atoms with E-state index in [0.717, 1.165) is 83.3 Å². The van der Waals surface area contributed by atoms with Crippen molar-refractivity contribution in [3.05, 3.63) is 160 Å². The number of rotatable bonds is 30. The largest absolute Gasteiger partial charge is 0.501 e. The number of carbonyl (C=O) groups excluding carboxylic acids is 4. The van der Waals surface area contributed by atoms with Gasteiger partial charge in [-0.15, -0.1) is 23.1 Å². The summed E-state index contributed by atoms with van der Waals surface area (Å²) in [5.41, 5.74) is 2.39. The predicted molar refractivity (Wildman–Crippen MR) is 390 cm³/mol. The number of ether oxygens (including phenoxy) is 2. The molecule has 1 aliphatic carbocycles. The lowest BCUT2D eigenvalue weighted by molar-refractivity contribution is -0.144. The molecule has 5 atom stereocenters. The number of hydrogen-bond donors (Lipinski definition) is 5. The highest BCUT2D eigenvalue weighted by Crippen LogP contribution is 2.44. The number of nitrogens with one attached hydrogen (secondary N) is 4. The normalized spacial score (nSPS) is 17.9. The van der Waals surface area contributed by atoms with Gasteiger partial charge in [-0.1, -0.05) is 106 Å². The van der Waals surface area contributed by atoms with Crippen molar-refractivity contribution >= 4 is 95.1 Å². The first-order valence-electron chi connectivity index (χ1n) is 33.7. The smallest absolute Gasteiger partial charge is 0.391 e. The number of aliphatic hydroxyl groups excluding tert-OH is 1. The van der Waals surface area contributed by atoms with Crippen molar-refractivity contribution < 1.29 is 63.8 Å². The number of thiazole rings is 1. The Bertz CT molecular complexity index is 4100. The summed E-state index contributed by atoms with van der Waals surface area (Å²) in [6, 6.07) is 30.5. The Kier molecular flexibility index (Phi) is 26.4. The molecule has 0 unspecified atom stereocenters. The molecule has 0 bridgehead atoms. The average Bonchev–Trinajstić information content (AvgIpc) is 1.36. The molecular formula is C73H91ClF3N9O11S4. The fourth-order valence-electron chi connectivity index (χ4n) is 12.6. The first kappa shape index (κ1) is 78.2. The van der Waals surface area contributed by atoms with Crippen LogP contribution >= 0.6 is 34.7 Å². The lowest BCUT2D eigenvalue weighted by Gasteiger charge is -2.39. The van der Waals surface area contributed by atoms with Gasteiger partial charge in [0.15, 0.2) is 0 Å². The number of piperazine rings is 1. The molecule has 546 valence electrons. The third kappa shape index (κ3) is 21.1. The molecule has 3 aliphatic rings. The van der Waals surface area contributed by atoms with Crippen LogP contribution in [0.3, 0.4) is 0 Å². The Morgan fingerprint density at radius 2 is 1.52 bits per heavy atom.